The molecule has 0 radical (unpaired) electrons. The van der Waals surface area contributed by atoms with Crippen LogP contribution in [0.5, 0.6) is 0 Å². The molecule has 1 aromatic carbocycles. The molecule has 1 fully saturated rings. The molecule has 2 aromatic heterocycles. The van der Waals surface area contributed by atoms with Crippen molar-refractivity contribution in [3.05, 3.63) is 66.6 Å². The molecule has 1 amide bonds. The van der Waals surface area contributed by atoms with Crippen molar-refractivity contribution in [2.75, 3.05) is 0 Å². The van der Waals surface area contributed by atoms with E-state index in [1.54, 1.807) is 12.4 Å². The summed E-state index contributed by atoms with van der Waals surface area (Å²) >= 11 is 0. The van der Waals surface area contributed by atoms with Crippen LogP contribution in [0.3, 0.4) is 0 Å². The second-order valence-corrected chi connectivity index (χ2v) is 7.36. The number of hydrogen-bond acceptors (Lipinski definition) is 4. The van der Waals surface area contributed by atoms with Gasteiger partial charge in [-0.25, -0.2) is 4.68 Å². The van der Waals surface area contributed by atoms with Gasteiger partial charge < -0.3 is 11.1 Å². The van der Waals surface area contributed by atoms with Gasteiger partial charge in [-0.1, -0.05) is 24.6 Å². The first kappa shape index (κ1) is 18.4. The maximum Gasteiger partial charge on any atom is 0.223 e. The van der Waals surface area contributed by atoms with E-state index in [4.69, 9.17) is 10.8 Å². The molecule has 1 aliphatic carbocycles. The summed E-state index contributed by atoms with van der Waals surface area (Å²) in [6, 6.07) is 14.0. The summed E-state index contributed by atoms with van der Waals surface area (Å²) in [4.78, 5) is 16.7. The number of nitrogens with zero attached hydrogens (tertiary/aromatic N) is 3. The van der Waals surface area contributed by atoms with Gasteiger partial charge in [0.25, 0.3) is 0 Å². The SMILES string of the molecule is NC1CCCC(C(=O)NCc2cn(-c3ccccc3)nc2-c2ccncc2)C1. The predicted molar refractivity (Wildman–Crippen MR) is 109 cm³/mol. The van der Waals surface area contributed by atoms with E-state index in [2.05, 4.69) is 10.3 Å². The number of amides is 1. The van der Waals surface area contributed by atoms with Crippen molar-refractivity contribution in [1.29, 1.82) is 0 Å². The number of carbonyl (C=O) groups is 1. The molecular weight excluding hydrogens is 350 g/mol. The second kappa shape index (κ2) is 8.35. The van der Waals surface area contributed by atoms with Crippen LogP contribution in [0.4, 0.5) is 0 Å². The zero-order chi connectivity index (χ0) is 19.3. The Bertz CT molecular complexity index is 923. The first-order chi connectivity index (χ1) is 13.7. The van der Waals surface area contributed by atoms with E-state index >= 15 is 0 Å². The zero-order valence-electron chi connectivity index (χ0n) is 15.8. The lowest BCUT2D eigenvalue weighted by Gasteiger charge is -2.25. The molecule has 2 atom stereocenters. The number of nitrogens with two attached hydrogens (primary N) is 1. The van der Waals surface area contributed by atoms with Crippen molar-refractivity contribution in [2.24, 2.45) is 11.7 Å². The molecule has 0 bridgehead atoms. The normalized spacial score (nSPS) is 19.3. The Balaban J connectivity index is 1.56. The summed E-state index contributed by atoms with van der Waals surface area (Å²) in [5.74, 6) is 0.0978. The summed E-state index contributed by atoms with van der Waals surface area (Å²) in [5, 5.41) is 7.87. The molecule has 0 saturated heterocycles. The first-order valence-corrected chi connectivity index (χ1v) is 9.78. The largest absolute Gasteiger partial charge is 0.352 e. The Morgan fingerprint density at radius 3 is 2.68 bits per heavy atom. The number of carbonyl (C=O) groups excluding carboxylic acids is 1. The topological polar surface area (TPSA) is 85.8 Å². The van der Waals surface area contributed by atoms with E-state index in [1.165, 1.54) is 0 Å². The Labute approximate surface area is 164 Å². The highest BCUT2D eigenvalue weighted by atomic mass is 16.1. The fraction of sp³-hybridized carbons (Fsp3) is 0.318. The quantitative estimate of drug-likeness (QED) is 0.718. The predicted octanol–water partition coefficient (Wildman–Crippen LogP) is 3.07. The fourth-order valence-electron chi connectivity index (χ4n) is 3.80. The number of nitrogens with one attached hydrogen (secondary N) is 1. The molecule has 3 aromatic rings. The Kier molecular flexibility index (Phi) is 5.48. The number of aromatic nitrogens is 3. The Hall–Kier alpha value is -2.99. The maximum atomic E-state index is 12.6. The Morgan fingerprint density at radius 2 is 1.93 bits per heavy atom. The number of benzene rings is 1. The van der Waals surface area contributed by atoms with Crippen molar-refractivity contribution < 1.29 is 4.79 Å². The number of para-hydroxylation sites is 1. The molecule has 2 unspecified atom stereocenters. The van der Waals surface area contributed by atoms with Crippen LogP contribution in [0.25, 0.3) is 16.9 Å². The molecule has 0 spiro atoms. The lowest BCUT2D eigenvalue weighted by Crippen LogP contribution is -2.37. The number of rotatable bonds is 5. The minimum Gasteiger partial charge on any atom is -0.352 e. The van der Waals surface area contributed by atoms with E-state index < -0.39 is 0 Å². The van der Waals surface area contributed by atoms with Gasteiger partial charge in [-0.15, -0.1) is 0 Å². The van der Waals surface area contributed by atoms with E-state index in [0.29, 0.717) is 6.54 Å². The van der Waals surface area contributed by atoms with Gasteiger partial charge in [0.2, 0.25) is 5.91 Å². The summed E-state index contributed by atoms with van der Waals surface area (Å²) in [6.07, 6.45) is 9.21. The van der Waals surface area contributed by atoms with Gasteiger partial charge in [0.15, 0.2) is 0 Å². The molecule has 6 heteroatoms. The second-order valence-electron chi connectivity index (χ2n) is 7.36. The smallest absolute Gasteiger partial charge is 0.223 e. The number of pyridine rings is 1. The van der Waals surface area contributed by atoms with Gasteiger partial charge in [0, 0.05) is 48.2 Å². The van der Waals surface area contributed by atoms with Crippen LogP contribution in [0.15, 0.2) is 61.1 Å². The lowest BCUT2D eigenvalue weighted by molar-refractivity contribution is -0.126. The van der Waals surface area contributed by atoms with Crippen LogP contribution >= 0.6 is 0 Å². The monoisotopic (exact) mass is 375 g/mol. The van der Waals surface area contributed by atoms with Gasteiger partial charge in [0.1, 0.15) is 0 Å². The van der Waals surface area contributed by atoms with Crippen LogP contribution in [-0.4, -0.2) is 26.7 Å². The highest BCUT2D eigenvalue weighted by Gasteiger charge is 2.25. The lowest BCUT2D eigenvalue weighted by atomic mass is 9.85. The van der Waals surface area contributed by atoms with Crippen molar-refractivity contribution in [3.8, 4) is 16.9 Å². The van der Waals surface area contributed by atoms with Crippen LogP contribution in [0.2, 0.25) is 0 Å². The molecule has 2 heterocycles. The van der Waals surface area contributed by atoms with E-state index in [1.807, 2.05) is 53.3 Å². The minimum absolute atomic E-state index is 0.0114. The van der Waals surface area contributed by atoms with Crippen LogP contribution < -0.4 is 11.1 Å². The molecule has 3 N–H and O–H groups in total. The van der Waals surface area contributed by atoms with E-state index in [9.17, 15) is 4.79 Å². The van der Waals surface area contributed by atoms with Crippen LogP contribution in [0, 0.1) is 5.92 Å². The average Bonchev–Trinajstić information content (AvgIpc) is 3.17. The number of hydrogen-bond donors (Lipinski definition) is 2. The molecule has 4 rings (SSSR count). The maximum absolute atomic E-state index is 12.6. The summed E-state index contributed by atoms with van der Waals surface area (Å²) < 4.78 is 1.85. The summed E-state index contributed by atoms with van der Waals surface area (Å²) in [5.41, 5.74) is 9.83. The Morgan fingerprint density at radius 1 is 1.14 bits per heavy atom. The fourth-order valence-corrected chi connectivity index (χ4v) is 3.80. The van der Waals surface area contributed by atoms with E-state index in [0.717, 1.165) is 48.2 Å². The van der Waals surface area contributed by atoms with Gasteiger partial charge in [-0.05, 0) is 43.5 Å². The van der Waals surface area contributed by atoms with Gasteiger partial charge >= 0.3 is 0 Å². The van der Waals surface area contributed by atoms with Crippen molar-refractivity contribution in [2.45, 2.75) is 38.3 Å². The zero-order valence-corrected chi connectivity index (χ0v) is 15.8. The first-order valence-electron chi connectivity index (χ1n) is 9.78. The molecule has 1 aliphatic rings. The summed E-state index contributed by atoms with van der Waals surface area (Å²) in [7, 11) is 0. The summed E-state index contributed by atoms with van der Waals surface area (Å²) in [6.45, 7) is 0.440. The minimum atomic E-state index is 0.0114. The van der Waals surface area contributed by atoms with Crippen molar-refractivity contribution in [1.82, 2.24) is 20.1 Å². The molecule has 0 aliphatic heterocycles. The van der Waals surface area contributed by atoms with Crippen LogP contribution in [0.1, 0.15) is 31.2 Å². The third kappa shape index (κ3) is 4.12. The highest BCUT2D eigenvalue weighted by Crippen LogP contribution is 2.25. The van der Waals surface area contributed by atoms with Gasteiger partial charge in [-0.3, -0.25) is 9.78 Å². The standard InChI is InChI=1S/C22H25N5O/c23-19-6-4-5-17(13-19)22(28)25-14-18-15-27(20-7-2-1-3-8-20)26-21(18)16-9-11-24-12-10-16/h1-3,7-12,15,17,19H,4-6,13-14,23H2,(H,25,28). The van der Waals surface area contributed by atoms with Crippen molar-refractivity contribution in [3.63, 3.8) is 0 Å². The molecular formula is C22H25N5O. The van der Waals surface area contributed by atoms with Gasteiger partial charge in [-0.2, -0.15) is 5.10 Å². The molecule has 1 saturated carbocycles. The average molecular weight is 375 g/mol. The molecule has 28 heavy (non-hydrogen) atoms. The van der Waals surface area contributed by atoms with Crippen molar-refractivity contribution >= 4 is 5.91 Å². The third-order valence-electron chi connectivity index (χ3n) is 5.30. The van der Waals surface area contributed by atoms with Crippen LogP contribution in [-0.2, 0) is 11.3 Å². The third-order valence-corrected chi connectivity index (χ3v) is 5.30. The van der Waals surface area contributed by atoms with Gasteiger partial charge in [0.05, 0.1) is 11.4 Å². The van der Waals surface area contributed by atoms with E-state index in [-0.39, 0.29) is 17.9 Å². The molecule has 144 valence electrons. The highest BCUT2D eigenvalue weighted by molar-refractivity contribution is 5.79. The molecule has 6 nitrogen and oxygen atoms in total.